The molecule has 0 atom stereocenters. The van der Waals surface area contributed by atoms with Gasteiger partial charge in [0.25, 0.3) is 5.69 Å². The van der Waals surface area contributed by atoms with Gasteiger partial charge >= 0.3 is 6.18 Å². The fourth-order valence-electron chi connectivity index (χ4n) is 3.13. The number of carbonyl (C=O) groups excluding carboxylic acids is 1. The van der Waals surface area contributed by atoms with Crippen LogP contribution >= 0.6 is 11.6 Å². The second kappa shape index (κ2) is 8.74. The van der Waals surface area contributed by atoms with Gasteiger partial charge in [-0.1, -0.05) is 23.7 Å². The van der Waals surface area contributed by atoms with E-state index in [1.54, 1.807) is 40.1 Å². The smallest absolute Gasteiger partial charge is 0.362 e. The molecule has 0 bridgehead atoms. The highest BCUT2D eigenvalue weighted by molar-refractivity contribution is 6.30. The highest BCUT2D eigenvalue weighted by atomic mass is 35.5. The van der Waals surface area contributed by atoms with E-state index in [9.17, 15) is 28.1 Å². The third kappa shape index (κ3) is 5.10. The van der Waals surface area contributed by atoms with E-state index in [1.807, 2.05) is 0 Å². The molecular formula is C20H17ClF3N3O3. The van der Waals surface area contributed by atoms with Crippen LogP contribution in [0.4, 0.5) is 24.5 Å². The molecule has 1 aliphatic rings. The summed E-state index contributed by atoms with van der Waals surface area (Å²) in [5, 5.41) is 11.9. The van der Waals surface area contributed by atoms with E-state index in [0.717, 1.165) is 17.7 Å². The van der Waals surface area contributed by atoms with Gasteiger partial charge in [-0.15, -0.1) is 0 Å². The van der Waals surface area contributed by atoms with E-state index in [4.69, 9.17) is 11.6 Å². The highest BCUT2D eigenvalue weighted by Crippen LogP contribution is 2.36. The minimum absolute atomic E-state index is 0.108. The zero-order chi connectivity index (χ0) is 21.9. The largest absolute Gasteiger partial charge is 0.416 e. The molecule has 0 radical (unpaired) electrons. The van der Waals surface area contributed by atoms with Gasteiger partial charge in [0, 0.05) is 43.3 Å². The van der Waals surface area contributed by atoms with E-state index in [-0.39, 0.29) is 24.7 Å². The van der Waals surface area contributed by atoms with Gasteiger partial charge in [0.2, 0.25) is 5.91 Å². The Morgan fingerprint density at radius 2 is 1.70 bits per heavy atom. The average molecular weight is 440 g/mol. The summed E-state index contributed by atoms with van der Waals surface area (Å²) in [4.78, 5) is 26.0. The van der Waals surface area contributed by atoms with Crippen LogP contribution in [0.5, 0.6) is 0 Å². The lowest BCUT2D eigenvalue weighted by Gasteiger charge is -2.35. The molecule has 1 saturated heterocycles. The standard InChI is InChI=1S/C20H17ClF3N3O3/c21-16-5-1-14(2-6-16)3-8-19(28)26-11-9-25(10-12-26)17-7-4-15(20(22,23)24)13-18(17)27(29)30/h1-8,13H,9-12H2. The molecular weight excluding hydrogens is 423 g/mol. The maximum absolute atomic E-state index is 12.9. The molecule has 158 valence electrons. The number of hydrogen-bond acceptors (Lipinski definition) is 4. The summed E-state index contributed by atoms with van der Waals surface area (Å²) in [7, 11) is 0. The molecule has 1 fully saturated rings. The Balaban J connectivity index is 1.67. The summed E-state index contributed by atoms with van der Waals surface area (Å²) < 4.78 is 38.6. The minimum atomic E-state index is -4.66. The molecule has 3 rings (SSSR count). The number of alkyl halides is 3. The van der Waals surface area contributed by atoms with E-state index in [2.05, 4.69) is 0 Å². The molecule has 10 heteroatoms. The second-order valence-corrected chi connectivity index (χ2v) is 7.09. The van der Waals surface area contributed by atoms with Gasteiger partial charge in [0.1, 0.15) is 5.69 Å². The molecule has 0 spiro atoms. The number of nitro benzene ring substituents is 1. The number of nitro groups is 1. The summed E-state index contributed by atoms with van der Waals surface area (Å²) in [6, 6.07) is 9.44. The first kappa shape index (κ1) is 21.6. The molecule has 2 aromatic rings. The lowest BCUT2D eigenvalue weighted by Crippen LogP contribution is -2.48. The van der Waals surface area contributed by atoms with Gasteiger partial charge in [0.15, 0.2) is 0 Å². The molecule has 1 aliphatic heterocycles. The van der Waals surface area contributed by atoms with Crippen molar-refractivity contribution >= 4 is 35.0 Å². The molecule has 0 N–H and O–H groups in total. The van der Waals surface area contributed by atoms with Gasteiger partial charge in [-0.2, -0.15) is 13.2 Å². The van der Waals surface area contributed by atoms with Crippen LogP contribution in [0.2, 0.25) is 5.02 Å². The number of rotatable bonds is 4. The number of halogens is 4. The van der Waals surface area contributed by atoms with Gasteiger partial charge in [-0.3, -0.25) is 14.9 Å². The first-order chi connectivity index (χ1) is 14.1. The zero-order valence-corrected chi connectivity index (χ0v) is 16.4. The number of amides is 1. The fourth-order valence-corrected chi connectivity index (χ4v) is 3.25. The Labute approximate surface area is 175 Å². The Kier molecular flexibility index (Phi) is 6.31. The SMILES string of the molecule is O=C(C=Cc1ccc(Cl)cc1)N1CCN(c2ccc(C(F)(F)F)cc2[N+](=O)[O-])CC1. The van der Waals surface area contributed by atoms with Crippen LogP contribution in [-0.4, -0.2) is 41.9 Å². The lowest BCUT2D eigenvalue weighted by atomic mass is 10.1. The predicted octanol–water partition coefficient (Wildman–Crippen LogP) is 4.63. The van der Waals surface area contributed by atoms with Crippen LogP contribution in [0.15, 0.2) is 48.5 Å². The van der Waals surface area contributed by atoms with Crippen molar-refractivity contribution in [2.45, 2.75) is 6.18 Å². The Bertz CT molecular complexity index is 969. The maximum atomic E-state index is 12.9. The van der Waals surface area contributed by atoms with Crippen LogP contribution in [-0.2, 0) is 11.0 Å². The first-order valence-electron chi connectivity index (χ1n) is 8.98. The third-order valence-corrected chi connectivity index (χ3v) is 4.97. The second-order valence-electron chi connectivity index (χ2n) is 6.66. The van der Waals surface area contributed by atoms with Crippen LogP contribution in [0.3, 0.4) is 0 Å². The van der Waals surface area contributed by atoms with Crippen molar-refractivity contribution in [3.8, 4) is 0 Å². The molecule has 6 nitrogen and oxygen atoms in total. The number of nitrogens with zero attached hydrogens (tertiary/aromatic N) is 3. The van der Waals surface area contributed by atoms with Crippen molar-refractivity contribution in [1.29, 1.82) is 0 Å². The quantitative estimate of drug-likeness (QED) is 0.396. The van der Waals surface area contributed by atoms with Crippen LogP contribution in [0.1, 0.15) is 11.1 Å². The van der Waals surface area contributed by atoms with Crippen LogP contribution < -0.4 is 4.90 Å². The number of carbonyl (C=O) groups is 1. The topological polar surface area (TPSA) is 66.7 Å². The maximum Gasteiger partial charge on any atom is 0.416 e. The van der Waals surface area contributed by atoms with Crippen molar-refractivity contribution in [1.82, 2.24) is 4.90 Å². The predicted molar refractivity (Wildman–Crippen MR) is 107 cm³/mol. The van der Waals surface area contributed by atoms with E-state index in [1.165, 1.54) is 6.08 Å². The summed E-state index contributed by atoms with van der Waals surface area (Å²) in [5.74, 6) is -0.216. The Morgan fingerprint density at radius 3 is 2.27 bits per heavy atom. The van der Waals surface area contributed by atoms with Gasteiger partial charge < -0.3 is 9.80 Å². The van der Waals surface area contributed by atoms with Gasteiger partial charge in [0.05, 0.1) is 10.5 Å². The molecule has 0 saturated carbocycles. The molecule has 0 unspecified atom stereocenters. The highest BCUT2D eigenvalue weighted by Gasteiger charge is 2.34. The average Bonchev–Trinajstić information content (AvgIpc) is 2.72. The van der Waals surface area contributed by atoms with Gasteiger partial charge in [-0.25, -0.2) is 0 Å². The summed E-state index contributed by atoms with van der Waals surface area (Å²) in [6.45, 7) is 1.13. The van der Waals surface area contributed by atoms with Crippen molar-refractivity contribution in [3.63, 3.8) is 0 Å². The summed E-state index contributed by atoms with van der Waals surface area (Å²) >= 11 is 5.82. The zero-order valence-electron chi connectivity index (χ0n) is 15.6. The number of benzene rings is 2. The van der Waals surface area contributed by atoms with Crippen LogP contribution in [0, 0.1) is 10.1 Å². The first-order valence-corrected chi connectivity index (χ1v) is 9.36. The third-order valence-electron chi connectivity index (χ3n) is 4.72. The van der Waals surface area contributed by atoms with Crippen molar-refractivity contribution in [3.05, 3.63) is 74.8 Å². The molecule has 1 amide bonds. The van der Waals surface area contributed by atoms with Crippen molar-refractivity contribution in [2.24, 2.45) is 0 Å². The Morgan fingerprint density at radius 1 is 1.07 bits per heavy atom. The number of piperazine rings is 1. The molecule has 0 aromatic heterocycles. The van der Waals surface area contributed by atoms with Crippen molar-refractivity contribution in [2.75, 3.05) is 31.1 Å². The molecule has 1 heterocycles. The van der Waals surface area contributed by atoms with Crippen molar-refractivity contribution < 1.29 is 22.9 Å². The number of anilines is 1. The molecule has 30 heavy (non-hydrogen) atoms. The van der Waals surface area contributed by atoms with Gasteiger partial charge in [-0.05, 0) is 35.9 Å². The Hall–Kier alpha value is -3.07. The monoisotopic (exact) mass is 439 g/mol. The van der Waals surface area contributed by atoms with E-state index in [0.29, 0.717) is 24.2 Å². The minimum Gasteiger partial charge on any atom is -0.362 e. The summed E-state index contributed by atoms with van der Waals surface area (Å²) in [6.07, 6.45) is -1.57. The number of hydrogen-bond donors (Lipinski definition) is 0. The lowest BCUT2D eigenvalue weighted by molar-refractivity contribution is -0.384. The normalized spacial score (nSPS) is 14.9. The molecule has 2 aromatic carbocycles. The summed E-state index contributed by atoms with van der Waals surface area (Å²) in [5.41, 5.74) is -0.755. The van der Waals surface area contributed by atoms with E-state index < -0.39 is 22.4 Å². The van der Waals surface area contributed by atoms with E-state index >= 15 is 0 Å². The molecule has 0 aliphatic carbocycles. The van der Waals surface area contributed by atoms with Crippen LogP contribution in [0.25, 0.3) is 6.08 Å². The fraction of sp³-hybridized carbons (Fsp3) is 0.250.